The van der Waals surface area contributed by atoms with E-state index < -0.39 is 17.3 Å². The number of hydrogen-bond donors (Lipinski definition) is 1. The molecule has 0 bridgehead atoms. The van der Waals surface area contributed by atoms with E-state index in [1.807, 2.05) is 0 Å². The molecule has 0 amide bonds. The summed E-state index contributed by atoms with van der Waals surface area (Å²) in [5.74, 6) is -1.80. The van der Waals surface area contributed by atoms with Gasteiger partial charge in [0.05, 0.1) is 17.9 Å². The van der Waals surface area contributed by atoms with Crippen LogP contribution in [0.2, 0.25) is 5.02 Å². The molecule has 0 saturated heterocycles. The molecular weight excluding hydrogens is 296 g/mol. The molecule has 2 unspecified atom stereocenters. The number of carboxylic acids is 1. The van der Waals surface area contributed by atoms with Crippen LogP contribution in [0, 0.1) is 11.3 Å². The topological polar surface area (TPSA) is 76.7 Å². The molecule has 1 fully saturated rings. The molecule has 0 radical (unpaired) electrons. The van der Waals surface area contributed by atoms with Crippen LogP contribution in [0.5, 0.6) is 0 Å². The molecule has 6 heteroatoms. The molecule has 1 heterocycles. The third-order valence-electron chi connectivity index (χ3n) is 4.01. The van der Waals surface area contributed by atoms with Gasteiger partial charge in [0.1, 0.15) is 5.41 Å². The van der Waals surface area contributed by atoms with Crippen molar-refractivity contribution < 1.29 is 23.8 Å². The second-order valence-corrected chi connectivity index (χ2v) is 5.72. The van der Waals surface area contributed by atoms with Crippen LogP contribution in [0.15, 0.2) is 28.9 Å². The number of benzene rings is 1. The van der Waals surface area contributed by atoms with Gasteiger partial charge in [0.15, 0.2) is 11.4 Å². The molecule has 1 saturated carbocycles. The third-order valence-corrected chi connectivity index (χ3v) is 4.29. The number of rotatable bonds is 5. The fourth-order valence-corrected chi connectivity index (χ4v) is 3.02. The van der Waals surface area contributed by atoms with E-state index >= 15 is 0 Å². The average Bonchev–Trinajstić information content (AvgIpc) is 2.97. The van der Waals surface area contributed by atoms with Gasteiger partial charge in [-0.05, 0) is 24.6 Å². The normalized spacial score (nSPS) is 24.2. The maximum Gasteiger partial charge on any atom is 0.312 e. The summed E-state index contributed by atoms with van der Waals surface area (Å²) in [6.07, 6.45) is 1.78. The highest BCUT2D eigenvalue weighted by Gasteiger charge is 2.64. The quantitative estimate of drug-likeness (QED) is 0.859. The first-order chi connectivity index (χ1) is 9.99. The Morgan fingerprint density at radius 3 is 2.95 bits per heavy atom. The summed E-state index contributed by atoms with van der Waals surface area (Å²) in [5, 5.41) is 10.4. The summed E-state index contributed by atoms with van der Waals surface area (Å²) in [6, 6.07) is 4.91. The predicted molar refractivity (Wildman–Crippen MR) is 75.6 cm³/mol. The molecule has 3 rings (SSSR count). The predicted octanol–water partition coefficient (Wildman–Crippen LogP) is 3.01. The Morgan fingerprint density at radius 1 is 1.52 bits per heavy atom. The summed E-state index contributed by atoms with van der Waals surface area (Å²) >= 11 is 6.08. The third kappa shape index (κ3) is 2.13. The summed E-state index contributed by atoms with van der Waals surface area (Å²) < 4.78 is 10.2. The van der Waals surface area contributed by atoms with Crippen LogP contribution in [0.4, 0.5) is 0 Å². The van der Waals surface area contributed by atoms with Crippen LogP contribution in [0.1, 0.15) is 16.8 Å². The number of ketones is 1. The molecule has 0 spiro atoms. The molecule has 2 atom stereocenters. The van der Waals surface area contributed by atoms with Crippen LogP contribution < -0.4 is 0 Å². The molecular formula is C15H13ClO5. The van der Waals surface area contributed by atoms with E-state index in [9.17, 15) is 14.7 Å². The Labute approximate surface area is 125 Å². The summed E-state index contributed by atoms with van der Waals surface area (Å²) in [4.78, 5) is 23.9. The Balaban J connectivity index is 1.93. The first kappa shape index (κ1) is 14.1. The minimum atomic E-state index is -1.11. The molecule has 0 aliphatic heterocycles. The molecule has 21 heavy (non-hydrogen) atoms. The number of fused-ring (bicyclic) bond motifs is 1. The van der Waals surface area contributed by atoms with Crippen molar-refractivity contribution in [1.82, 2.24) is 0 Å². The van der Waals surface area contributed by atoms with Crippen LogP contribution in [0.3, 0.4) is 0 Å². The minimum absolute atomic E-state index is 0.0282. The van der Waals surface area contributed by atoms with E-state index in [2.05, 4.69) is 0 Å². The fourth-order valence-electron chi connectivity index (χ4n) is 2.75. The van der Waals surface area contributed by atoms with E-state index in [0.717, 1.165) is 5.39 Å². The number of hydrogen-bond acceptors (Lipinski definition) is 4. The minimum Gasteiger partial charge on any atom is -0.481 e. The largest absolute Gasteiger partial charge is 0.481 e. The highest BCUT2D eigenvalue weighted by molar-refractivity contribution is 6.35. The second-order valence-electron chi connectivity index (χ2n) is 5.31. The number of carbonyl (C=O) groups excluding carboxylic acids is 1. The van der Waals surface area contributed by atoms with Gasteiger partial charge < -0.3 is 14.3 Å². The first-order valence-corrected chi connectivity index (χ1v) is 6.80. The fraction of sp³-hybridized carbons (Fsp3) is 0.333. The van der Waals surface area contributed by atoms with Crippen molar-refractivity contribution in [2.45, 2.75) is 6.42 Å². The van der Waals surface area contributed by atoms with Crippen LogP contribution >= 0.6 is 11.6 Å². The lowest BCUT2D eigenvalue weighted by Crippen LogP contribution is -2.25. The van der Waals surface area contributed by atoms with E-state index in [1.165, 1.54) is 19.4 Å². The van der Waals surface area contributed by atoms with Gasteiger partial charge in [-0.15, -0.1) is 0 Å². The van der Waals surface area contributed by atoms with Gasteiger partial charge >= 0.3 is 5.97 Å². The Bertz CT molecular complexity index is 735. The second kappa shape index (κ2) is 4.86. The van der Waals surface area contributed by atoms with Gasteiger partial charge in [0.25, 0.3) is 0 Å². The molecule has 1 N–H and O–H groups in total. The number of aliphatic carboxylic acids is 1. The highest BCUT2D eigenvalue weighted by atomic mass is 35.5. The monoisotopic (exact) mass is 308 g/mol. The van der Waals surface area contributed by atoms with Gasteiger partial charge in [0.2, 0.25) is 0 Å². The average molecular weight is 309 g/mol. The summed E-state index contributed by atoms with van der Waals surface area (Å²) in [6.45, 7) is 0.0282. The summed E-state index contributed by atoms with van der Waals surface area (Å²) in [5.41, 5.74) is -0.188. The van der Waals surface area contributed by atoms with E-state index in [-0.39, 0.29) is 18.8 Å². The Morgan fingerprint density at radius 2 is 2.29 bits per heavy atom. The van der Waals surface area contributed by atoms with Gasteiger partial charge in [-0.25, -0.2) is 0 Å². The molecule has 1 aliphatic rings. The van der Waals surface area contributed by atoms with Crippen molar-refractivity contribution in [2.24, 2.45) is 11.3 Å². The van der Waals surface area contributed by atoms with Crippen molar-refractivity contribution in [3.63, 3.8) is 0 Å². The number of methoxy groups -OCH3 is 1. The Hall–Kier alpha value is -1.85. The van der Waals surface area contributed by atoms with Crippen molar-refractivity contribution in [2.75, 3.05) is 13.7 Å². The molecule has 1 aliphatic carbocycles. The van der Waals surface area contributed by atoms with E-state index in [4.69, 9.17) is 20.8 Å². The zero-order valence-electron chi connectivity index (χ0n) is 11.3. The Kier molecular flexibility index (Phi) is 3.26. The van der Waals surface area contributed by atoms with Crippen LogP contribution in [-0.4, -0.2) is 30.6 Å². The SMILES string of the molecule is COCC1(C(=O)O)CC1C(=O)c1cc(Cl)c2occc2c1. The van der Waals surface area contributed by atoms with Gasteiger partial charge in [-0.2, -0.15) is 0 Å². The smallest absolute Gasteiger partial charge is 0.312 e. The van der Waals surface area contributed by atoms with Crippen LogP contribution in [-0.2, 0) is 9.53 Å². The first-order valence-electron chi connectivity index (χ1n) is 6.43. The van der Waals surface area contributed by atoms with Crippen molar-refractivity contribution in [3.05, 3.63) is 35.0 Å². The maximum atomic E-state index is 12.5. The highest BCUT2D eigenvalue weighted by Crippen LogP contribution is 2.54. The van der Waals surface area contributed by atoms with E-state index in [1.54, 1.807) is 12.1 Å². The summed E-state index contributed by atoms with van der Waals surface area (Å²) in [7, 11) is 1.43. The maximum absolute atomic E-state index is 12.5. The molecule has 5 nitrogen and oxygen atoms in total. The number of furan rings is 1. The number of carbonyl (C=O) groups is 2. The lowest BCUT2D eigenvalue weighted by Gasteiger charge is -2.10. The molecule has 1 aromatic heterocycles. The number of Topliss-reactive ketones (excluding diaryl/α,β-unsaturated/α-hetero) is 1. The lowest BCUT2D eigenvalue weighted by atomic mass is 9.98. The van der Waals surface area contributed by atoms with Gasteiger partial charge in [-0.3, -0.25) is 9.59 Å². The standard InChI is InChI=1S/C15H13ClO5/c1-20-7-15(14(18)19)6-10(15)12(17)9-4-8-2-3-21-13(8)11(16)5-9/h2-5,10H,6-7H2,1H3,(H,18,19). The zero-order chi connectivity index (χ0) is 15.2. The van der Waals surface area contributed by atoms with Crippen molar-refractivity contribution in [3.8, 4) is 0 Å². The van der Waals surface area contributed by atoms with Crippen molar-refractivity contribution >= 4 is 34.3 Å². The number of ether oxygens (including phenoxy) is 1. The van der Waals surface area contributed by atoms with Crippen LogP contribution in [0.25, 0.3) is 11.0 Å². The molecule has 110 valence electrons. The lowest BCUT2D eigenvalue weighted by molar-refractivity contribution is -0.146. The number of carboxylic acid groups (broad SMARTS) is 1. The zero-order valence-corrected chi connectivity index (χ0v) is 12.0. The van der Waals surface area contributed by atoms with Gasteiger partial charge in [0, 0.05) is 24.0 Å². The van der Waals surface area contributed by atoms with Gasteiger partial charge in [-0.1, -0.05) is 11.6 Å². The van der Waals surface area contributed by atoms with Crippen molar-refractivity contribution in [1.29, 1.82) is 0 Å². The molecule has 1 aromatic carbocycles. The van der Waals surface area contributed by atoms with E-state index in [0.29, 0.717) is 16.2 Å². The molecule has 2 aromatic rings. The number of halogens is 1.